The van der Waals surface area contributed by atoms with Crippen LogP contribution in [0.5, 0.6) is 0 Å². The molecule has 0 radical (unpaired) electrons. The van der Waals surface area contributed by atoms with Gasteiger partial charge < -0.3 is 20.1 Å². The smallest absolute Gasteiger partial charge is 0.408 e. The number of alkyl carbamates (subject to hydrolysis) is 1. The molecular formula is C15H28N2O4. The Labute approximate surface area is 126 Å². The van der Waals surface area contributed by atoms with E-state index in [1.807, 2.05) is 0 Å². The van der Waals surface area contributed by atoms with Crippen LogP contribution in [0.15, 0.2) is 0 Å². The summed E-state index contributed by atoms with van der Waals surface area (Å²) in [4.78, 5) is 25.7. The summed E-state index contributed by atoms with van der Waals surface area (Å²) in [5.74, 6) is 0.413. The second-order valence-corrected chi connectivity index (χ2v) is 6.65. The Kier molecular flexibility index (Phi) is 6.45. The van der Waals surface area contributed by atoms with Crippen molar-refractivity contribution in [3.05, 3.63) is 0 Å². The first kappa shape index (κ1) is 17.8. The number of nitrogens with one attached hydrogen (secondary N) is 1. The molecule has 2 amide bonds. The van der Waals surface area contributed by atoms with Crippen molar-refractivity contribution in [2.45, 2.75) is 58.6 Å². The van der Waals surface area contributed by atoms with E-state index >= 15 is 0 Å². The van der Waals surface area contributed by atoms with Crippen LogP contribution >= 0.6 is 0 Å². The molecular weight excluding hydrogens is 272 g/mol. The number of aliphatic hydroxyl groups is 1. The minimum Gasteiger partial charge on any atom is -0.444 e. The van der Waals surface area contributed by atoms with Crippen molar-refractivity contribution >= 4 is 12.0 Å². The number of nitrogens with zero attached hydrogens (tertiary/aromatic N) is 1. The highest BCUT2D eigenvalue weighted by molar-refractivity contribution is 5.85. The fraction of sp³-hybridized carbons (Fsp3) is 0.867. The van der Waals surface area contributed by atoms with E-state index in [1.165, 1.54) is 0 Å². The van der Waals surface area contributed by atoms with Crippen LogP contribution in [-0.4, -0.2) is 53.3 Å². The zero-order valence-corrected chi connectivity index (χ0v) is 13.5. The van der Waals surface area contributed by atoms with Gasteiger partial charge in [0.05, 0.1) is 0 Å². The number of hydrogen-bond acceptors (Lipinski definition) is 4. The summed E-state index contributed by atoms with van der Waals surface area (Å²) < 4.78 is 5.15. The summed E-state index contributed by atoms with van der Waals surface area (Å²) in [5.41, 5.74) is -0.574. The summed E-state index contributed by atoms with van der Waals surface area (Å²) >= 11 is 0. The largest absolute Gasteiger partial charge is 0.444 e. The predicted molar refractivity (Wildman–Crippen MR) is 79.8 cm³/mol. The van der Waals surface area contributed by atoms with Gasteiger partial charge in [0.2, 0.25) is 5.91 Å². The molecule has 1 heterocycles. The standard InChI is InChI=1S/C15H28N2O4/c1-11(16-14(20)21-15(2,3)4)13(19)17-8-5-12(6-9-17)7-10-18/h11-12,18H,5-10H2,1-4H3,(H,16,20). The van der Waals surface area contributed by atoms with Crippen LogP contribution in [-0.2, 0) is 9.53 Å². The van der Waals surface area contributed by atoms with Gasteiger partial charge in [-0.2, -0.15) is 0 Å². The maximum Gasteiger partial charge on any atom is 0.408 e. The molecule has 0 aliphatic carbocycles. The minimum atomic E-state index is -0.589. The second kappa shape index (κ2) is 7.64. The number of carbonyl (C=O) groups excluding carboxylic acids is 2. The Bertz CT molecular complexity index is 357. The van der Waals surface area contributed by atoms with Crippen molar-refractivity contribution in [3.8, 4) is 0 Å². The molecule has 1 aliphatic rings. The number of ether oxygens (including phenoxy) is 1. The minimum absolute atomic E-state index is 0.0803. The molecule has 6 heteroatoms. The average molecular weight is 300 g/mol. The first-order chi connectivity index (χ1) is 9.73. The zero-order chi connectivity index (χ0) is 16.0. The predicted octanol–water partition coefficient (Wildman–Crippen LogP) is 1.52. The molecule has 0 saturated carbocycles. The van der Waals surface area contributed by atoms with Gasteiger partial charge in [-0.25, -0.2) is 4.79 Å². The SMILES string of the molecule is CC(NC(=O)OC(C)(C)C)C(=O)N1CCC(CCO)CC1. The van der Waals surface area contributed by atoms with E-state index in [4.69, 9.17) is 9.84 Å². The third-order valence-electron chi connectivity index (χ3n) is 3.57. The number of aliphatic hydroxyl groups excluding tert-OH is 1. The molecule has 1 saturated heterocycles. The lowest BCUT2D eigenvalue weighted by Crippen LogP contribution is -2.50. The number of carbonyl (C=O) groups is 2. The zero-order valence-electron chi connectivity index (χ0n) is 13.5. The lowest BCUT2D eigenvalue weighted by molar-refractivity contribution is -0.134. The van der Waals surface area contributed by atoms with Crippen molar-refractivity contribution in [3.63, 3.8) is 0 Å². The van der Waals surface area contributed by atoms with Gasteiger partial charge in [-0.3, -0.25) is 4.79 Å². The van der Waals surface area contributed by atoms with Crippen LogP contribution < -0.4 is 5.32 Å². The van der Waals surface area contributed by atoms with Gasteiger partial charge in [0.1, 0.15) is 11.6 Å². The number of rotatable bonds is 4. The number of amides is 2. The van der Waals surface area contributed by atoms with E-state index in [-0.39, 0.29) is 12.5 Å². The van der Waals surface area contributed by atoms with Gasteiger partial charge in [0.25, 0.3) is 0 Å². The van der Waals surface area contributed by atoms with E-state index in [0.29, 0.717) is 19.0 Å². The summed E-state index contributed by atoms with van der Waals surface area (Å²) in [6.07, 6.45) is 2.04. The molecule has 1 rings (SSSR count). The van der Waals surface area contributed by atoms with Gasteiger partial charge in [-0.15, -0.1) is 0 Å². The molecule has 0 aromatic carbocycles. The van der Waals surface area contributed by atoms with Gasteiger partial charge >= 0.3 is 6.09 Å². The molecule has 0 spiro atoms. The third kappa shape index (κ3) is 6.33. The van der Waals surface area contributed by atoms with E-state index in [1.54, 1.807) is 32.6 Å². The molecule has 1 atom stereocenters. The molecule has 0 bridgehead atoms. The number of piperidine rings is 1. The summed E-state index contributed by atoms with van der Waals surface area (Å²) in [6, 6.07) is -0.589. The van der Waals surface area contributed by atoms with Crippen molar-refractivity contribution in [2.24, 2.45) is 5.92 Å². The van der Waals surface area contributed by atoms with Crippen molar-refractivity contribution < 1.29 is 19.4 Å². The van der Waals surface area contributed by atoms with E-state index < -0.39 is 17.7 Å². The molecule has 122 valence electrons. The maximum atomic E-state index is 12.3. The number of hydrogen-bond donors (Lipinski definition) is 2. The van der Waals surface area contributed by atoms with Gasteiger partial charge in [0.15, 0.2) is 0 Å². The molecule has 1 aliphatic heterocycles. The first-order valence-corrected chi connectivity index (χ1v) is 7.62. The maximum absolute atomic E-state index is 12.3. The van der Waals surface area contributed by atoms with Crippen molar-refractivity contribution in [1.29, 1.82) is 0 Å². The van der Waals surface area contributed by atoms with Crippen molar-refractivity contribution in [1.82, 2.24) is 10.2 Å². The topological polar surface area (TPSA) is 78.9 Å². The van der Waals surface area contributed by atoms with Crippen molar-refractivity contribution in [2.75, 3.05) is 19.7 Å². The van der Waals surface area contributed by atoms with Crippen LogP contribution in [0, 0.1) is 5.92 Å². The Balaban J connectivity index is 2.39. The van der Waals surface area contributed by atoms with Gasteiger partial charge in [-0.1, -0.05) is 0 Å². The summed E-state index contributed by atoms with van der Waals surface area (Å²) in [6.45, 7) is 8.59. The molecule has 2 N–H and O–H groups in total. The Morgan fingerprint density at radius 1 is 1.33 bits per heavy atom. The Hall–Kier alpha value is -1.30. The van der Waals surface area contributed by atoms with Crippen LogP contribution in [0.3, 0.4) is 0 Å². The highest BCUT2D eigenvalue weighted by Crippen LogP contribution is 2.20. The highest BCUT2D eigenvalue weighted by Gasteiger charge is 2.27. The summed E-state index contributed by atoms with van der Waals surface area (Å²) in [5, 5.41) is 11.5. The van der Waals surface area contributed by atoms with Crippen LogP contribution in [0.25, 0.3) is 0 Å². The molecule has 1 fully saturated rings. The highest BCUT2D eigenvalue weighted by atomic mass is 16.6. The Morgan fingerprint density at radius 2 is 1.90 bits per heavy atom. The third-order valence-corrected chi connectivity index (χ3v) is 3.57. The lowest BCUT2D eigenvalue weighted by atomic mass is 9.93. The lowest BCUT2D eigenvalue weighted by Gasteiger charge is -2.33. The van der Waals surface area contributed by atoms with Crippen LogP contribution in [0.2, 0.25) is 0 Å². The van der Waals surface area contributed by atoms with E-state index in [0.717, 1.165) is 19.3 Å². The van der Waals surface area contributed by atoms with Crippen LogP contribution in [0.4, 0.5) is 4.79 Å². The Morgan fingerprint density at radius 3 is 2.38 bits per heavy atom. The van der Waals surface area contributed by atoms with Gasteiger partial charge in [-0.05, 0) is 52.9 Å². The summed E-state index contributed by atoms with van der Waals surface area (Å²) in [7, 11) is 0. The molecule has 1 unspecified atom stereocenters. The average Bonchev–Trinajstić information content (AvgIpc) is 2.36. The second-order valence-electron chi connectivity index (χ2n) is 6.65. The van der Waals surface area contributed by atoms with Gasteiger partial charge in [0, 0.05) is 19.7 Å². The first-order valence-electron chi connectivity index (χ1n) is 7.62. The fourth-order valence-corrected chi connectivity index (χ4v) is 2.44. The quantitative estimate of drug-likeness (QED) is 0.825. The normalized spacial score (nSPS) is 18.2. The molecule has 0 aromatic rings. The fourth-order valence-electron chi connectivity index (χ4n) is 2.44. The monoisotopic (exact) mass is 300 g/mol. The molecule has 0 aromatic heterocycles. The van der Waals surface area contributed by atoms with E-state index in [2.05, 4.69) is 5.32 Å². The molecule has 6 nitrogen and oxygen atoms in total. The number of likely N-dealkylation sites (tertiary alicyclic amines) is 1. The van der Waals surface area contributed by atoms with E-state index in [9.17, 15) is 9.59 Å². The molecule has 21 heavy (non-hydrogen) atoms. The van der Waals surface area contributed by atoms with Crippen LogP contribution in [0.1, 0.15) is 47.0 Å².